The molecular weight excluding hydrogens is 491 g/mol. The Morgan fingerprint density at radius 3 is 2.26 bits per heavy atom. The van der Waals surface area contributed by atoms with Crippen LogP contribution in [0.1, 0.15) is 65.5 Å². The monoisotopic (exact) mass is 522 g/mol. The molecular formula is C26H30Hf. The molecule has 0 radical (unpaired) electrons. The van der Waals surface area contributed by atoms with E-state index in [-0.39, 0.29) is 0 Å². The van der Waals surface area contributed by atoms with Gasteiger partial charge in [-0.2, -0.15) is 0 Å². The van der Waals surface area contributed by atoms with Crippen molar-refractivity contribution in [3.8, 4) is 0 Å². The van der Waals surface area contributed by atoms with Crippen LogP contribution in [0.25, 0.3) is 16.3 Å². The van der Waals surface area contributed by atoms with Crippen LogP contribution in [0.3, 0.4) is 0 Å². The van der Waals surface area contributed by atoms with E-state index in [1.807, 2.05) is 3.33 Å². The summed E-state index contributed by atoms with van der Waals surface area (Å²) in [5.74, 6) is 0. The summed E-state index contributed by atoms with van der Waals surface area (Å²) in [5, 5.41) is 2.87. The molecule has 0 heterocycles. The van der Waals surface area contributed by atoms with E-state index in [4.69, 9.17) is 0 Å². The van der Waals surface area contributed by atoms with Gasteiger partial charge in [0.1, 0.15) is 0 Å². The third-order valence-corrected chi connectivity index (χ3v) is 14.4. The van der Waals surface area contributed by atoms with Gasteiger partial charge in [0.2, 0.25) is 0 Å². The normalized spacial score (nSPS) is 18.7. The van der Waals surface area contributed by atoms with Gasteiger partial charge in [0.05, 0.1) is 0 Å². The second kappa shape index (κ2) is 6.99. The molecule has 2 aliphatic carbocycles. The number of benzene rings is 2. The summed E-state index contributed by atoms with van der Waals surface area (Å²) in [7, 11) is 0. The molecule has 0 unspecified atom stereocenters. The van der Waals surface area contributed by atoms with Gasteiger partial charge in [-0.15, -0.1) is 0 Å². The summed E-state index contributed by atoms with van der Waals surface area (Å²) in [5.41, 5.74) is 11.3. The van der Waals surface area contributed by atoms with Gasteiger partial charge in [-0.05, 0) is 0 Å². The molecule has 2 aliphatic rings. The van der Waals surface area contributed by atoms with Crippen LogP contribution < -0.4 is 0 Å². The Kier molecular flexibility index (Phi) is 4.95. The van der Waals surface area contributed by atoms with E-state index in [0.717, 1.165) is 0 Å². The minimum absolute atomic E-state index is 0.375. The van der Waals surface area contributed by atoms with Crippen LogP contribution in [0.2, 0.25) is 3.17 Å². The Bertz CT molecular complexity index is 1010. The topological polar surface area (TPSA) is 0 Å². The average Bonchev–Trinajstić information content (AvgIpc) is 3.08. The van der Waals surface area contributed by atoms with E-state index >= 15 is 0 Å². The maximum absolute atomic E-state index is 2.55. The zero-order valence-electron chi connectivity index (χ0n) is 17.6. The molecule has 0 nitrogen and oxygen atoms in total. The molecule has 138 valence electrons. The number of allylic oxidation sites excluding steroid dienone is 6. The van der Waals surface area contributed by atoms with E-state index in [1.165, 1.54) is 30.0 Å². The summed E-state index contributed by atoms with van der Waals surface area (Å²) in [6.07, 6.45) is 3.69. The van der Waals surface area contributed by atoms with Gasteiger partial charge in [-0.1, -0.05) is 0 Å². The van der Waals surface area contributed by atoms with E-state index < -0.39 is 22.9 Å². The fourth-order valence-electron chi connectivity index (χ4n) is 5.00. The maximum atomic E-state index is 2.55. The fourth-order valence-corrected chi connectivity index (χ4v) is 12.3. The molecule has 0 amide bonds. The van der Waals surface area contributed by atoms with Crippen LogP contribution in [0.4, 0.5) is 0 Å². The molecule has 0 N–H and O–H groups in total. The summed E-state index contributed by atoms with van der Waals surface area (Å²) in [4.78, 5) is 0. The summed E-state index contributed by atoms with van der Waals surface area (Å²) < 4.78 is 2.24. The van der Waals surface area contributed by atoms with Crippen molar-refractivity contribution in [2.75, 3.05) is 0 Å². The third-order valence-electron chi connectivity index (χ3n) is 7.14. The number of fused-ring (bicyclic) bond motifs is 3. The van der Waals surface area contributed by atoms with E-state index in [9.17, 15) is 0 Å². The second-order valence-electron chi connectivity index (χ2n) is 8.45. The first-order chi connectivity index (χ1) is 12.9. The molecule has 2 aromatic carbocycles. The zero-order valence-corrected chi connectivity index (χ0v) is 21.2. The molecule has 0 aliphatic heterocycles. The Balaban J connectivity index is 1.85. The van der Waals surface area contributed by atoms with Gasteiger partial charge in [-0.3, -0.25) is 0 Å². The predicted octanol–water partition coefficient (Wildman–Crippen LogP) is 7.85. The van der Waals surface area contributed by atoms with Gasteiger partial charge in [-0.25, -0.2) is 0 Å². The van der Waals surface area contributed by atoms with Crippen LogP contribution in [-0.2, 0) is 29.3 Å². The second-order valence-corrected chi connectivity index (χ2v) is 15.1. The standard InChI is InChI=1S/C16H15.C10H15.Hf/c1-2-5-13-10-11-14-9-8-12-6-3-4-7-15(12)16(13)14;1-6-7(2)9(4)10(5)8(6)3;/h3-4,6-9H,2,5,11H2,1H3;1-5H3;. The molecule has 4 rings (SSSR count). The van der Waals surface area contributed by atoms with Crippen molar-refractivity contribution in [3.63, 3.8) is 0 Å². The summed E-state index contributed by atoms with van der Waals surface area (Å²) in [6.45, 7) is 14.4. The van der Waals surface area contributed by atoms with Crippen molar-refractivity contribution in [2.45, 2.75) is 64.0 Å². The molecule has 0 saturated carbocycles. The van der Waals surface area contributed by atoms with Crippen LogP contribution >= 0.6 is 0 Å². The molecule has 0 fully saturated rings. The third kappa shape index (κ3) is 2.89. The number of rotatable bonds is 4. The van der Waals surface area contributed by atoms with Crippen molar-refractivity contribution in [1.29, 1.82) is 0 Å². The number of hydrogen-bond acceptors (Lipinski definition) is 0. The Hall–Kier alpha value is -1.21. The Morgan fingerprint density at radius 1 is 0.926 bits per heavy atom. The summed E-state index contributed by atoms with van der Waals surface area (Å²) >= 11 is -1.06. The minimum atomic E-state index is -1.06. The molecule has 27 heavy (non-hydrogen) atoms. The predicted molar refractivity (Wildman–Crippen MR) is 115 cm³/mol. The summed E-state index contributed by atoms with van der Waals surface area (Å²) in [6, 6.07) is 13.7. The van der Waals surface area contributed by atoms with E-state index in [1.54, 1.807) is 39.0 Å². The molecule has 0 saturated heterocycles. The van der Waals surface area contributed by atoms with Crippen molar-refractivity contribution in [3.05, 3.63) is 73.1 Å². The van der Waals surface area contributed by atoms with Crippen LogP contribution in [0.15, 0.2) is 62.0 Å². The number of hydrogen-bond donors (Lipinski definition) is 0. The molecule has 0 atom stereocenters. The first-order valence-electron chi connectivity index (χ1n) is 10.3. The first kappa shape index (κ1) is 19.1. The van der Waals surface area contributed by atoms with E-state index in [2.05, 4.69) is 77.9 Å². The van der Waals surface area contributed by atoms with Crippen molar-refractivity contribution >= 4 is 16.3 Å². The molecule has 0 spiro atoms. The van der Waals surface area contributed by atoms with Gasteiger partial charge >= 0.3 is 176 Å². The van der Waals surface area contributed by atoms with Gasteiger partial charge < -0.3 is 0 Å². The zero-order chi connectivity index (χ0) is 19.3. The fraction of sp³-hybridized carbons (Fsp3) is 0.385. The van der Waals surface area contributed by atoms with E-state index in [0.29, 0.717) is 3.17 Å². The van der Waals surface area contributed by atoms with Crippen molar-refractivity contribution in [1.82, 2.24) is 0 Å². The Labute approximate surface area is 175 Å². The van der Waals surface area contributed by atoms with Gasteiger partial charge in [0, 0.05) is 0 Å². The SMILES string of the molecule is CCCC1=[C]([Hf][C]2(C)C(C)=C(C)C(C)=C2C)Cc2ccc3ccccc3c21. The molecule has 1 heteroatoms. The molecule has 0 aromatic heterocycles. The van der Waals surface area contributed by atoms with Gasteiger partial charge in [0.15, 0.2) is 0 Å². The van der Waals surface area contributed by atoms with Crippen LogP contribution in [-0.4, -0.2) is 0 Å². The first-order valence-corrected chi connectivity index (χ1v) is 13.8. The van der Waals surface area contributed by atoms with Gasteiger partial charge in [0.25, 0.3) is 0 Å². The van der Waals surface area contributed by atoms with Crippen LogP contribution in [0, 0.1) is 0 Å². The quantitative estimate of drug-likeness (QED) is 0.360. The van der Waals surface area contributed by atoms with Crippen LogP contribution in [0.5, 0.6) is 0 Å². The van der Waals surface area contributed by atoms with Crippen molar-refractivity contribution in [2.24, 2.45) is 0 Å². The average molecular weight is 521 g/mol. The van der Waals surface area contributed by atoms with Crippen molar-refractivity contribution < 1.29 is 22.9 Å². The molecule has 0 bridgehead atoms. The molecule has 2 aromatic rings. The Morgan fingerprint density at radius 2 is 1.59 bits per heavy atom.